The van der Waals surface area contributed by atoms with Gasteiger partial charge >= 0.3 is 0 Å². The maximum Gasteiger partial charge on any atom is 0.0952 e. The molecule has 0 unspecified atom stereocenters. The zero-order valence-corrected chi connectivity index (χ0v) is 12.7. The molecule has 0 aromatic heterocycles. The Labute approximate surface area is 127 Å². The summed E-state index contributed by atoms with van der Waals surface area (Å²) in [5.74, 6) is 0.213. The zero-order valence-electron chi connectivity index (χ0n) is 12.7. The molecule has 0 aliphatic carbocycles. The highest BCUT2D eigenvalue weighted by Crippen LogP contribution is 2.44. The second kappa shape index (κ2) is 5.63. The average Bonchev–Trinajstić information content (AvgIpc) is 2.53. The standard InChI is InChI=1S/C19H23NO/c1-15-14-20(2)18(16-9-5-3-6-10-16)13-19(15,21)17-11-7-4-8-12-17/h3-12,15,18,21H,13-14H2,1-2H3/t15-,18+,19+/m1/s1. The fourth-order valence-corrected chi connectivity index (χ4v) is 3.54. The lowest BCUT2D eigenvalue weighted by molar-refractivity contribution is -0.0889. The fraction of sp³-hybridized carbons (Fsp3) is 0.368. The summed E-state index contributed by atoms with van der Waals surface area (Å²) in [6, 6.07) is 20.9. The van der Waals surface area contributed by atoms with Gasteiger partial charge in [-0.3, -0.25) is 4.90 Å². The average molecular weight is 281 g/mol. The summed E-state index contributed by atoms with van der Waals surface area (Å²) >= 11 is 0. The highest BCUT2D eigenvalue weighted by molar-refractivity contribution is 5.27. The molecule has 0 spiro atoms. The molecule has 0 radical (unpaired) electrons. The molecule has 1 heterocycles. The third-order valence-electron chi connectivity index (χ3n) is 4.87. The Bertz CT molecular complexity index is 583. The third kappa shape index (κ3) is 2.61. The maximum atomic E-state index is 11.3. The van der Waals surface area contributed by atoms with Crippen LogP contribution >= 0.6 is 0 Å². The number of aliphatic hydroxyl groups is 1. The minimum atomic E-state index is -0.756. The molecule has 1 saturated heterocycles. The van der Waals surface area contributed by atoms with E-state index in [-0.39, 0.29) is 12.0 Å². The monoisotopic (exact) mass is 281 g/mol. The summed E-state index contributed by atoms with van der Waals surface area (Å²) < 4.78 is 0. The van der Waals surface area contributed by atoms with Crippen molar-refractivity contribution in [2.24, 2.45) is 5.92 Å². The van der Waals surface area contributed by atoms with Gasteiger partial charge in [-0.15, -0.1) is 0 Å². The van der Waals surface area contributed by atoms with Gasteiger partial charge in [-0.2, -0.15) is 0 Å². The minimum Gasteiger partial charge on any atom is -0.385 e. The van der Waals surface area contributed by atoms with Crippen LogP contribution in [0, 0.1) is 5.92 Å². The van der Waals surface area contributed by atoms with E-state index >= 15 is 0 Å². The molecular weight excluding hydrogens is 258 g/mol. The van der Waals surface area contributed by atoms with E-state index < -0.39 is 5.60 Å². The van der Waals surface area contributed by atoms with Crippen LogP contribution in [0.2, 0.25) is 0 Å². The van der Waals surface area contributed by atoms with E-state index in [0.717, 1.165) is 18.5 Å². The molecule has 0 amide bonds. The summed E-state index contributed by atoms with van der Waals surface area (Å²) in [6.07, 6.45) is 0.735. The van der Waals surface area contributed by atoms with Crippen molar-refractivity contribution in [2.75, 3.05) is 13.6 Å². The Morgan fingerprint density at radius 3 is 2.19 bits per heavy atom. The number of hydrogen-bond acceptors (Lipinski definition) is 2. The van der Waals surface area contributed by atoms with Crippen LogP contribution in [-0.4, -0.2) is 23.6 Å². The molecule has 3 rings (SSSR count). The van der Waals surface area contributed by atoms with E-state index in [2.05, 4.69) is 43.1 Å². The van der Waals surface area contributed by atoms with Crippen molar-refractivity contribution < 1.29 is 5.11 Å². The largest absolute Gasteiger partial charge is 0.385 e. The minimum absolute atomic E-state index is 0.213. The van der Waals surface area contributed by atoms with Gasteiger partial charge in [-0.1, -0.05) is 67.6 Å². The molecule has 21 heavy (non-hydrogen) atoms. The van der Waals surface area contributed by atoms with Crippen LogP contribution < -0.4 is 0 Å². The Morgan fingerprint density at radius 1 is 1.00 bits per heavy atom. The van der Waals surface area contributed by atoms with Gasteiger partial charge in [0.25, 0.3) is 0 Å². The molecule has 2 heteroatoms. The Hall–Kier alpha value is -1.64. The van der Waals surface area contributed by atoms with E-state index in [1.807, 2.05) is 36.4 Å². The summed E-state index contributed by atoms with van der Waals surface area (Å²) in [6.45, 7) is 3.04. The van der Waals surface area contributed by atoms with Crippen molar-refractivity contribution in [3.63, 3.8) is 0 Å². The Morgan fingerprint density at radius 2 is 1.57 bits per heavy atom. The third-order valence-corrected chi connectivity index (χ3v) is 4.87. The predicted molar refractivity (Wildman–Crippen MR) is 85.9 cm³/mol. The smallest absolute Gasteiger partial charge is 0.0952 e. The van der Waals surface area contributed by atoms with Crippen molar-refractivity contribution in [3.05, 3.63) is 71.8 Å². The second-order valence-corrected chi connectivity index (χ2v) is 6.26. The topological polar surface area (TPSA) is 23.5 Å². The predicted octanol–water partition coefficient (Wildman–Crippen LogP) is 3.59. The van der Waals surface area contributed by atoms with E-state index in [1.165, 1.54) is 5.56 Å². The van der Waals surface area contributed by atoms with Crippen LogP contribution in [0.25, 0.3) is 0 Å². The van der Waals surface area contributed by atoms with Gasteiger partial charge in [0.2, 0.25) is 0 Å². The van der Waals surface area contributed by atoms with Crippen LogP contribution in [-0.2, 0) is 5.60 Å². The first-order valence-electron chi connectivity index (χ1n) is 7.64. The van der Waals surface area contributed by atoms with Crippen LogP contribution in [0.4, 0.5) is 0 Å². The van der Waals surface area contributed by atoms with Crippen LogP contribution in [0.15, 0.2) is 60.7 Å². The Balaban J connectivity index is 1.96. The summed E-state index contributed by atoms with van der Waals surface area (Å²) in [7, 11) is 2.15. The number of benzene rings is 2. The number of rotatable bonds is 2. The molecule has 3 atom stereocenters. The van der Waals surface area contributed by atoms with Gasteiger partial charge in [-0.25, -0.2) is 0 Å². The first-order chi connectivity index (χ1) is 10.1. The van der Waals surface area contributed by atoms with Crippen molar-refractivity contribution in [2.45, 2.75) is 25.0 Å². The molecule has 1 aliphatic heterocycles. The lowest BCUT2D eigenvalue weighted by atomic mass is 9.73. The van der Waals surface area contributed by atoms with E-state index in [4.69, 9.17) is 0 Å². The van der Waals surface area contributed by atoms with Crippen LogP contribution in [0.5, 0.6) is 0 Å². The lowest BCUT2D eigenvalue weighted by Gasteiger charge is -2.47. The first-order valence-corrected chi connectivity index (χ1v) is 7.64. The first kappa shape index (κ1) is 14.3. The van der Waals surface area contributed by atoms with Crippen molar-refractivity contribution in [1.82, 2.24) is 4.90 Å². The summed E-state index contributed by atoms with van der Waals surface area (Å²) in [5, 5.41) is 11.3. The lowest BCUT2D eigenvalue weighted by Crippen LogP contribution is -2.49. The zero-order chi connectivity index (χ0) is 14.9. The molecule has 110 valence electrons. The van der Waals surface area contributed by atoms with Gasteiger partial charge in [0.15, 0.2) is 0 Å². The quantitative estimate of drug-likeness (QED) is 0.909. The SMILES string of the molecule is C[C@@H]1CN(C)[C@H](c2ccccc2)C[C@@]1(O)c1ccccc1. The van der Waals surface area contributed by atoms with E-state index in [1.54, 1.807) is 0 Å². The molecule has 2 nitrogen and oxygen atoms in total. The van der Waals surface area contributed by atoms with Crippen LogP contribution in [0.1, 0.15) is 30.5 Å². The van der Waals surface area contributed by atoms with Crippen molar-refractivity contribution in [3.8, 4) is 0 Å². The number of nitrogens with zero attached hydrogens (tertiary/aromatic N) is 1. The maximum absolute atomic E-state index is 11.3. The summed E-state index contributed by atoms with van der Waals surface area (Å²) in [4.78, 5) is 2.36. The van der Waals surface area contributed by atoms with Gasteiger partial charge in [0.05, 0.1) is 5.60 Å². The second-order valence-electron chi connectivity index (χ2n) is 6.26. The highest BCUT2D eigenvalue weighted by Gasteiger charge is 2.43. The van der Waals surface area contributed by atoms with Gasteiger partial charge < -0.3 is 5.11 Å². The van der Waals surface area contributed by atoms with Gasteiger partial charge in [0.1, 0.15) is 0 Å². The molecule has 0 bridgehead atoms. The van der Waals surface area contributed by atoms with Crippen molar-refractivity contribution in [1.29, 1.82) is 0 Å². The molecule has 2 aromatic carbocycles. The normalized spacial score (nSPS) is 30.2. The Kier molecular flexibility index (Phi) is 3.83. The molecular formula is C19H23NO. The fourth-order valence-electron chi connectivity index (χ4n) is 3.54. The number of hydrogen-bond donors (Lipinski definition) is 1. The highest BCUT2D eigenvalue weighted by atomic mass is 16.3. The molecule has 1 fully saturated rings. The van der Waals surface area contributed by atoms with Crippen LogP contribution in [0.3, 0.4) is 0 Å². The van der Waals surface area contributed by atoms with E-state index in [0.29, 0.717) is 0 Å². The summed E-state index contributed by atoms with van der Waals surface area (Å²) in [5.41, 5.74) is 1.56. The molecule has 0 saturated carbocycles. The molecule has 2 aromatic rings. The van der Waals surface area contributed by atoms with Gasteiger partial charge in [-0.05, 0) is 18.2 Å². The molecule has 1 N–H and O–H groups in total. The number of likely N-dealkylation sites (tertiary alicyclic amines) is 1. The van der Waals surface area contributed by atoms with E-state index in [9.17, 15) is 5.11 Å². The van der Waals surface area contributed by atoms with Gasteiger partial charge in [0, 0.05) is 24.9 Å². The van der Waals surface area contributed by atoms with Crippen molar-refractivity contribution >= 4 is 0 Å². The number of piperidine rings is 1. The molecule has 1 aliphatic rings.